The van der Waals surface area contributed by atoms with Crippen molar-refractivity contribution in [2.24, 2.45) is 4.99 Å². The van der Waals surface area contributed by atoms with E-state index in [1.807, 2.05) is 25.1 Å². The van der Waals surface area contributed by atoms with Gasteiger partial charge in [0.05, 0.1) is 17.7 Å². The minimum absolute atomic E-state index is 0.0846. The number of benzene rings is 2. The van der Waals surface area contributed by atoms with Gasteiger partial charge in [-0.1, -0.05) is 35.5 Å². The Kier molecular flexibility index (Phi) is 6.53. The number of nitrogens with zero attached hydrogens (tertiary/aromatic N) is 2. The lowest BCUT2D eigenvalue weighted by atomic mass is 10.1. The maximum absolute atomic E-state index is 12.3. The number of amidine groups is 2. The summed E-state index contributed by atoms with van der Waals surface area (Å²) in [5, 5.41) is 10.9. The SMILES string of the molecule is COc1cc(C)ccc1OCCOc1ccc(/C=C2/C(=N)N3C=CSC3=NC2=O)cc1Cl. The maximum Gasteiger partial charge on any atom is 0.283 e. The minimum atomic E-state index is -0.447. The van der Waals surface area contributed by atoms with E-state index in [4.69, 9.17) is 31.2 Å². The summed E-state index contributed by atoms with van der Waals surface area (Å²) in [6.45, 7) is 2.59. The number of aryl methyl sites for hydroxylation is 1. The van der Waals surface area contributed by atoms with E-state index in [1.165, 1.54) is 11.8 Å². The molecule has 0 fully saturated rings. The van der Waals surface area contributed by atoms with Crippen molar-refractivity contribution < 1.29 is 19.0 Å². The van der Waals surface area contributed by atoms with Crippen molar-refractivity contribution in [2.75, 3.05) is 20.3 Å². The van der Waals surface area contributed by atoms with Gasteiger partial charge in [-0.05, 0) is 53.8 Å². The number of amides is 1. The third kappa shape index (κ3) is 4.66. The van der Waals surface area contributed by atoms with Crippen LogP contribution in [0.3, 0.4) is 0 Å². The van der Waals surface area contributed by atoms with Crippen molar-refractivity contribution in [1.82, 2.24) is 4.90 Å². The number of rotatable bonds is 7. The number of carbonyl (C=O) groups is 1. The van der Waals surface area contributed by atoms with Crippen LogP contribution in [-0.4, -0.2) is 42.1 Å². The molecule has 2 aromatic rings. The van der Waals surface area contributed by atoms with Crippen molar-refractivity contribution in [2.45, 2.75) is 6.92 Å². The lowest BCUT2D eigenvalue weighted by molar-refractivity contribution is -0.114. The summed E-state index contributed by atoms with van der Waals surface area (Å²) in [5.74, 6) is 1.45. The maximum atomic E-state index is 12.3. The Balaban J connectivity index is 1.39. The topological polar surface area (TPSA) is 84.2 Å². The fraction of sp³-hybridized carbons (Fsp3) is 0.174. The predicted octanol–water partition coefficient (Wildman–Crippen LogP) is 4.89. The normalized spacial score (nSPS) is 16.3. The summed E-state index contributed by atoms with van der Waals surface area (Å²) >= 11 is 7.67. The Morgan fingerprint density at radius 3 is 2.62 bits per heavy atom. The molecule has 0 unspecified atom stereocenters. The van der Waals surface area contributed by atoms with Gasteiger partial charge in [-0.25, -0.2) is 0 Å². The van der Waals surface area contributed by atoms with Crippen molar-refractivity contribution >= 4 is 46.3 Å². The van der Waals surface area contributed by atoms with Crippen LogP contribution in [0, 0.1) is 12.3 Å². The Morgan fingerprint density at radius 2 is 1.88 bits per heavy atom. The van der Waals surface area contributed by atoms with E-state index in [0.29, 0.717) is 39.6 Å². The lowest BCUT2D eigenvalue weighted by Crippen LogP contribution is -2.35. The molecule has 0 radical (unpaired) electrons. The third-order valence-corrected chi connectivity index (χ3v) is 5.75. The van der Waals surface area contributed by atoms with Crippen molar-refractivity contribution in [3.8, 4) is 17.2 Å². The average Bonchev–Trinajstić information content (AvgIpc) is 3.24. The molecule has 7 nitrogen and oxygen atoms in total. The van der Waals surface area contributed by atoms with Gasteiger partial charge >= 0.3 is 0 Å². The molecule has 0 aromatic heterocycles. The molecule has 2 heterocycles. The van der Waals surface area contributed by atoms with Gasteiger partial charge in [-0.2, -0.15) is 4.99 Å². The first-order valence-corrected chi connectivity index (χ1v) is 11.0. The molecule has 0 saturated carbocycles. The number of hydrogen-bond donors (Lipinski definition) is 1. The molecule has 2 aromatic carbocycles. The van der Waals surface area contributed by atoms with E-state index in [1.54, 1.807) is 47.9 Å². The van der Waals surface area contributed by atoms with Crippen LogP contribution in [0.15, 0.2) is 58.6 Å². The van der Waals surface area contributed by atoms with Crippen molar-refractivity contribution in [3.05, 3.63) is 69.7 Å². The third-order valence-electron chi connectivity index (χ3n) is 4.70. The Labute approximate surface area is 194 Å². The van der Waals surface area contributed by atoms with Crippen LogP contribution in [0.5, 0.6) is 17.2 Å². The molecular formula is C23H20ClN3O4S. The van der Waals surface area contributed by atoms with Crippen LogP contribution in [0.4, 0.5) is 0 Å². The zero-order valence-corrected chi connectivity index (χ0v) is 19.0. The second-order valence-electron chi connectivity index (χ2n) is 6.92. The molecular weight excluding hydrogens is 450 g/mol. The average molecular weight is 470 g/mol. The van der Waals surface area contributed by atoms with Crippen LogP contribution >= 0.6 is 23.4 Å². The summed E-state index contributed by atoms with van der Waals surface area (Å²) in [6, 6.07) is 10.9. The summed E-state index contributed by atoms with van der Waals surface area (Å²) < 4.78 is 16.8. The number of carbonyl (C=O) groups excluding carboxylic acids is 1. The van der Waals surface area contributed by atoms with Gasteiger partial charge in [0.25, 0.3) is 5.91 Å². The van der Waals surface area contributed by atoms with Gasteiger partial charge in [0.15, 0.2) is 16.7 Å². The molecule has 0 atom stereocenters. The standard InChI is InChI=1S/C23H20ClN3O4S/c1-14-3-5-19(20(11-14)29-2)31-9-8-30-18-6-4-15(13-17(18)24)12-16-21(25)27-7-10-32-23(27)26-22(16)28/h3-7,10-13,25H,8-9H2,1-2H3/b16-12-,25-21?. The second kappa shape index (κ2) is 9.50. The van der Waals surface area contributed by atoms with Gasteiger partial charge in [-0.15, -0.1) is 0 Å². The summed E-state index contributed by atoms with van der Waals surface area (Å²) in [5.41, 5.74) is 1.96. The molecule has 0 aliphatic carbocycles. The number of methoxy groups -OCH3 is 1. The smallest absolute Gasteiger partial charge is 0.283 e. The number of halogens is 1. The molecule has 4 rings (SSSR count). The Morgan fingerprint density at radius 1 is 1.12 bits per heavy atom. The van der Waals surface area contributed by atoms with E-state index in [-0.39, 0.29) is 18.0 Å². The van der Waals surface area contributed by atoms with E-state index in [9.17, 15) is 4.79 Å². The highest BCUT2D eigenvalue weighted by molar-refractivity contribution is 8.16. The monoisotopic (exact) mass is 469 g/mol. The largest absolute Gasteiger partial charge is 0.493 e. The first-order chi connectivity index (χ1) is 15.5. The van der Waals surface area contributed by atoms with Crippen molar-refractivity contribution in [3.63, 3.8) is 0 Å². The first-order valence-electron chi connectivity index (χ1n) is 9.72. The number of nitrogens with one attached hydrogen (secondary N) is 1. The highest BCUT2D eigenvalue weighted by atomic mass is 35.5. The van der Waals surface area contributed by atoms with Gasteiger partial charge in [-0.3, -0.25) is 15.1 Å². The zero-order chi connectivity index (χ0) is 22.7. The second-order valence-corrected chi connectivity index (χ2v) is 8.20. The van der Waals surface area contributed by atoms with Crippen LogP contribution in [0.25, 0.3) is 6.08 Å². The number of ether oxygens (including phenoxy) is 3. The molecule has 2 aliphatic rings. The number of hydrogen-bond acceptors (Lipinski definition) is 6. The first kappa shape index (κ1) is 22.0. The predicted molar refractivity (Wildman–Crippen MR) is 127 cm³/mol. The Bertz CT molecular complexity index is 1180. The zero-order valence-electron chi connectivity index (χ0n) is 17.4. The molecule has 0 bridgehead atoms. The van der Waals surface area contributed by atoms with Crippen LogP contribution in [0.2, 0.25) is 5.02 Å². The van der Waals surface area contributed by atoms with E-state index in [0.717, 1.165) is 5.56 Å². The van der Waals surface area contributed by atoms with Crippen LogP contribution in [-0.2, 0) is 4.79 Å². The van der Waals surface area contributed by atoms with Gasteiger partial charge in [0.1, 0.15) is 24.8 Å². The quantitative estimate of drug-likeness (QED) is 0.459. The highest BCUT2D eigenvalue weighted by Gasteiger charge is 2.31. The number of aliphatic imine (C=N–C) groups is 1. The Hall–Kier alpha value is -3.23. The number of thioether (sulfide) groups is 1. The molecule has 0 spiro atoms. The molecule has 9 heteroatoms. The fourth-order valence-corrected chi connectivity index (χ4v) is 4.07. The van der Waals surface area contributed by atoms with Crippen LogP contribution in [0.1, 0.15) is 11.1 Å². The minimum Gasteiger partial charge on any atom is -0.493 e. The lowest BCUT2D eigenvalue weighted by Gasteiger charge is -2.22. The molecule has 2 aliphatic heterocycles. The summed E-state index contributed by atoms with van der Waals surface area (Å²) in [4.78, 5) is 17.9. The van der Waals surface area contributed by atoms with Crippen LogP contribution < -0.4 is 14.2 Å². The van der Waals surface area contributed by atoms with Gasteiger partial charge < -0.3 is 14.2 Å². The fourth-order valence-electron chi connectivity index (χ4n) is 3.12. The van der Waals surface area contributed by atoms with E-state index < -0.39 is 5.91 Å². The van der Waals surface area contributed by atoms with Gasteiger partial charge in [0, 0.05) is 6.20 Å². The van der Waals surface area contributed by atoms with Gasteiger partial charge in [0.2, 0.25) is 0 Å². The molecule has 1 N–H and O–H groups in total. The van der Waals surface area contributed by atoms with Crippen molar-refractivity contribution in [1.29, 1.82) is 5.41 Å². The van der Waals surface area contributed by atoms with E-state index >= 15 is 0 Å². The highest BCUT2D eigenvalue weighted by Crippen LogP contribution is 2.30. The summed E-state index contributed by atoms with van der Waals surface area (Å²) in [6.07, 6.45) is 3.31. The molecule has 0 saturated heterocycles. The van der Waals surface area contributed by atoms with E-state index in [2.05, 4.69) is 4.99 Å². The molecule has 164 valence electrons. The molecule has 1 amide bonds. The number of fused-ring (bicyclic) bond motifs is 1. The summed E-state index contributed by atoms with van der Waals surface area (Å²) in [7, 11) is 1.60. The molecule has 32 heavy (non-hydrogen) atoms.